The number of ether oxygens (including phenoxy) is 1. The van der Waals surface area contributed by atoms with E-state index >= 15 is 0 Å². The lowest BCUT2D eigenvalue weighted by Crippen LogP contribution is -2.52. The molecule has 1 N–H and O–H groups in total. The zero-order valence-electron chi connectivity index (χ0n) is 11.9. The van der Waals surface area contributed by atoms with Crippen molar-refractivity contribution < 1.29 is 9.53 Å². The molecule has 0 spiro atoms. The highest BCUT2D eigenvalue weighted by molar-refractivity contribution is 5.76. The fourth-order valence-electron chi connectivity index (χ4n) is 3.51. The Bertz CT molecular complexity index is 446. The van der Waals surface area contributed by atoms with Gasteiger partial charge in [-0.25, -0.2) is 0 Å². The van der Waals surface area contributed by atoms with Crippen molar-refractivity contribution in [2.75, 3.05) is 0 Å². The Morgan fingerprint density at radius 2 is 1.90 bits per heavy atom. The van der Waals surface area contributed by atoms with Crippen LogP contribution in [0.5, 0.6) is 0 Å². The largest absolute Gasteiger partial charge is 0.460 e. The molecule has 3 atom stereocenters. The molecule has 1 aromatic rings. The molecule has 1 aromatic carbocycles. The van der Waals surface area contributed by atoms with Crippen LogP contribution in [0.3, 0.4) is 0 Å². The Balaban J connectivity index is 1.50. The lowest BCUT2D eigenvalue weighted by Gasteiger charge is -2.39. The first kappa shape index (κ1) is 13.6. The van der Waals surface area contributed by atoms with Crippen LogP contribution in [0.1, 0.15) is 44.1 Å². The SMILES string of the molecule is O=C(OCc1ccccc1)C1CCC2CCCCC2N1. The van der Waals surface area contributed by atoms with E-state index in [0.717, 1.165) is 17.9 Å². The fourth-order valence-corrected chi connectivity index (χ4v) is 3.51. The van der Waals surface area contributed by atoms with Gasteiger partial charge >= 0.3 is 5.97 Å². The highest BCUT2D eigenvalue weighted by Gasteiger charge is 2.34. The quantitative estimate of drug-likeness (QED) is 0.860. The number of hydrogen-bond donors (Lipinski definition) is 1. The summed E-state index contributed by atoms with van der Waals surface area (Å²) in [5.41, 5.74) is 1.05. The number of carbonyl (C=O) groups is 1. The molecule has 1 aliphatic heterocycles. The molecule has 3 heteroatoms. The molecule has 0 radical (unpaired) electrons. The lowest BCUT2D eigenvalue weighted by atomic mass is 9.78. The molecule has 2 fully saturated rings. The number of carbonyl (C=O) groups excluding carboxylic acids is 1. The van der Waals surface area contributed by atoms with Gasteiger partial charge in [-0.1, -0.05) is 43.2 Å². The van der Waals surface area contributed by atoms with E-state index in [1.165, 1.54) is 32.1 Å². The average Bonchev–Trinajstić information content (AvgIpc) is 2.53. The first-order valence-corrected chi connectivity index (χ1v) is 7.79. The van der Waals surface area contributed by atoms with Gasteiger partial charge in [0.15, 0.2) is 0 Å². The van der Waals surface area contributed by atoms with Gasteiger partial charge in [-0.3, -0.25) is 4.79 Å². The maximum atomic E-state index is 12.2. The lowest BCUT2D eigenvalue weighted by molar-refractivity contribution is -0.149. The minimum atomic E-state index is -0.0990. The Hall–Kier alpha value is -1.35. The van der Waals surface area contributed by atoms with Crippen molar-refractivity contribution in [1.29, 1.82) is 0 Å². The van der Waals surface area contributed by atoms with E-state index < -0.39 is 0 Å². The number of hydrogen-bond acceptors (Lipinski definition) is 3. The van der Waals surface area contributed by atoms with Gasteiger partial charge in [-0.2, -0.15) is 0 Å². The third kappa shape index (κ3) is 3.21. The van der Waals surface area contributed by atoms with Gasteiger partial charge in [-0.15, -0.1) is 0 Å². The molecule has 3 unspecified atom stereocenters. The van der Waals surface area contributed by atoms with E-state index in [-0.39, 0.29) is 12.0 Å². The average molecular weight is 273 g/mol. The molecule has 1 heterocycles. The molecule has 3 nitrogen and oxygen atoms in total. The molecule has 2 aliphatic rings. The molecular formula is C17H23NO2. The van der Waals surface area contributed by atoms with E-state index in [1.54, 1.807) is 0 Å². The van der Waals surface area contributed by atoms with E-state index in [0.29, 0.717) is 12.6 Å². The Morgan fingerprint density at radius 3 is 2.75 bits per heavy atom. The van der Waals surface area contributed by atoms with Gasteiger partial charge < -0.3 is 10.1 Å². The Morgan fingerprint density at radius 1 is 1.10 bits per heavy atom. The zero-order valence-corrected chi connectivity index (χ0v) is 11.9. The molecule has 20 heavy (non-hydrogen) atoms. The van der Waals surface area contributed by atoms with Crippen LogP contribution < -0.4 is 5.32 Å². The normalized spacial score (nSPS) is 29.5. The second kappa shape index (κ2) is 6.40. The van der Waals surface area contributed by atoms with Crippen LogP contribution in [0.2, 0.25) is 0 Å². The van der Waals surface area contributed by atoms with Crippen molar-refractivity contribution in [2.45, 2.75) is 57.2 Å². The molecule has 0 amide bonds. The van der Waals surface area contributed by atoms with Crippen molar-refractivity contribution >= 4 is 5.97 Å². The van der Waals surface area contributed by atoms with E-state index in [4.69, 9.17) is 4.74 Å². The molecule has 0 aromatic heterocycles. The smallest absolute Gasteiger partial charge is 0.323 e. The first-order chi connectivity index (χ1) is 9.83. The van der Waals surface area contributed by atoms with E-state index in [9.17, 15) is 4.79 Å². The van der Waals surface area contributed by atoms with Crippen LogP contribution in [0, 0.1) is 5.92 Å². The molecule has 3 rings (SSSR count). The predicted octanol–water partition coefficient (Wildman–Crippen LogP) is 3.04. The van der Waals surface area contributed by atoms with Crippen LogP contribution in [-0.2, 0) is 16.1 Å². The summed E-state index contributed by atoms with van der Waals surface area (Å²) in [5, 5.41) is 3.52. The Labute approximate surface area is 120 Å². The van der Waals surface area contributed by atoms with Gasteiger partial charge in [0.1, 0.15) is 12.6 Å². The minimum Gasteiger partial charge on any atom is -0.460 e. The predicted molar refractivity (Wildman–Crippen MR) is 78.1 cm³/mol. The zero-order chi connectivity index (χ0) is 13.8. The van der Waals surface area contributed by atoms with E-state index in [1.807, 2.05) is 30.3 Å². The van der Waals surface area contributed by atoms with Crippen molar-refractivity contribution in [2.24, 2.45) is 5.92 Å². The van der Waals surface area contributed by atoms with Crippen molar-refractivity contribution in [3.8, 4) is 0 Å². The summed E-state index contributed by atoms with van der Waals surface area (Å²) < 4.78 is 5.45. The number of rotatable bonds is 3. The van der Waals surface area contributed by atoms with Gasteiger partial charge in [0.05, 0.1) is 0 Å². The minimum absolute atomic E-state index is 0.0853. The second-order valence-corrected chi connectivity index (χ2v) is 6.04. The second-order valence-electron chi connectivity index (χ2n) is 6.04. The number of esters is 1. The summed E-state index contributed by atoms with van der Waals surface area (Å²) in [6.07, 6.45) is 7.28. The highest BCUT2D eigenvalue weighted by Crippen LogP contribution is 2.32. The molecule has 1 aliphatic carbocycles. The maximum absolute atomic E-state index is 12.2. The maximum Gasteiger partial charge on any atom is 0.323 e. The third-order valence-electron chi connectivity index (χ3n) is 4.66. The number of piperidine rings is 1. The monoisotopic (exact) mass is 273 g/mol. The fraction of sp³-hybridized carbons (Fsp3) is 0.588. The van der Waals surface area contributed by atoms with Crippen LogP contribution in [-0.4, -0.2) is 18.1 Å². The van der Waals surface area contributed by atoms with Crippen LogP contribution in [0.4, 0.5) is 0 Å². The third-order valence-corrected chi connectivity index (χ3v) is 4.66. The Kier molecular flexibility index (Phi) is 4.36. The first-order valence-electron chi connectivity index (χ1n) is 7.79. The van der Waals surface area contributed by atoms with Crippen molar-refractivity contribution in [3.63, 3.8) is 0 Å². The van der Waals surface area contributed by atoms with Crippen LogP contribution in [0.15, 0.2) is 30.3 Å². The topological polar surface area (TPSA) is 38.3 Å². The van der Waals surface area contributed by atoms with Gasteiger partial charge in [0.2, 0.25) is 0 Å². The van der Waals surface area contributed by atoms with Crippen molar-refractivity contribution in [3.05, 3.63) is 35.9 Å². The number of fused-ring (bicyclic) bond motifs is 1. The van der Waals surface area contributed by atoms with E-state index in [2.05, 4.69) is 5.32 Å². The summed E-state index contributed by atoms with van der Waals surface area (Å²) in [7, 11) is 0. The number of benzene rings is 1. The van der Waals surface area contributed by atoms with Gasteiger partial charge in [0.25, 0.3) is 0 Å². The highest BCUT2D eigenvalue weighted by atomic mass is 16.5. The van der Waals surface area contributed by atoms with Gasteiger partial charge in [0, 0.05) is 6.04 Å². The number of nitrogens with one attached hydrogen (secondary N) is 1. The molecule has 0 bridgehead atoms. The van der Waals surface area contributed by atoms with Gasteiger partial charge in [-0.05, 0) is 37.2 Å². The molecule has 1 saturated heterocycles. The summed E-state index contributed by atoms with van der Waals surface area (Å²) in [4.78, 5) is 12.2. The summed E-state index contributed by atoms with van der Waals surface area (Å²) in [6, 6.07) is 10.3. The van der Waals surface area contributed by atoms with Crippen molar-refractivity contribution in [1.82, 2.24) is 5.32 Å². The standard InChI is InChI=1S/C17H23NO2/c19-17(20-12-13-6-2-1-3-7-13)16-11-10-14-8-4-5-9-15(14)18-16/h1-3,6-7,14-16,18H,4-5,8-12H2. The summed E-state index contributed by atoms with van der Waals surface area (Å²) in [6.45, 7) is 0.381. The molecule has 108 valence electrons. The van der Waals surface area contributed by atoms with Crippen LogP contribution in [0.25, 0.3) is 0 Å². The summed E-state index contributed by atoms with van der Waals surface area (Å²) >= 11 is 0. The molecule has 1 saturated carbocycles. The van der Waals surface area contributed by atoms with Crippen LogP contribution >= 0.6 is 0 Å². The summed E-state index contributed by atoms with van der Waals surface area (Å²) in [5.74, 6) is 0.694. The molecular weight excluding hydrogens is 250 g/mol.